The fourth-order valence-electron chi connectivity index (χ4n) is 1.64. The highest BCUT2D eigenvalue weighted by atomic mass is 35.5. The molecule has 2 rings (SSSR count). The molecule has 0 aliphatic rings. The lowest BCUT2D eigenvalue weighted by Gasteiger charge is -2.08. The molecule has 0 spiro atoms. The van der Waals surface area contributed by atoms with E-state index in [1.54, 1.807) is 24.4 Å². The zero-order chi connectivity index (χ0) is 13.7. The van der Waals surface area contributed by atoms with Gasteiger partial charge in [0.2, 0.25) is 0 Å². The molecule has 96 valence electrons. The van der Waals surface area contributed by atoms with Gasteiger partial charge in [0.05, 0.1) is 5.56 Å². The number of pyridine rings is 1. The number of nitrogens with zero attached hydrogens (tertiary/aromatic N) is 2. The van der Waals surface area contributed by atoms with Gasteiger partial charge in [-0.2, -0.15) is 5.26 Å². The largest absolute Gasteiger partial charge is 0.508 e. The molecule has 2 aromatic rings. The van der Waals surface area contributed by atoms with Crippen molar-refractivity contribution in [2.24, 2.45) is 0 Å². The van der Waals surface area contributed by atoms with E-state index in [1.165, 1.54) is 0 Å². The Morgan fingerprint density at radius 3 is 2.68 bits per heavy atom. The molecular formula is C14H12ClN3O. The summed E-state index contributed by atoms with van der Waals surface area (Å²) >= 11 is 6.03. The summed E-state index contributed by atoms with van der Waals surface area (Å²) in [4.78, 5) is 4.10. The van der Waals surface area contributed by atoms with Gasteiger partial charge in [-0.1, -0.05) is 23.7 Å². The minimum absolute atomic E-state index is 0.253. The fourth-order valence-corrected chi connectivity index (χ4v) is 1.86. The monoisotopic (exact) mass is 273 g/mol. The number of hydrogen-bond donors (Lipinski definition) is 2. The van der Waals surface area contributed by atoms with Crippen molar-refractivity contribution >= 4 is 17.4 Å². The lowest BCUT2D eigenvalue weighted by atomic mass is 10.1. The van der Waals surface area contributed by atoms with Crippen molar-refractivity contribution in [3.63, 3.8) is 0 Å². The molecule has 1 aromatic carbocycles. The molecule has 0 atom stereocenters. The van der Waals surface area contributed by atoms with Crippen LogP contribution in [0.25, 0.3) is 0 Å². The number of nitrogens with one attached hydrogen (secondary N) is 1. The van der Waals surface area contributed by atoms with Gasteiger partial charge >= 0.3 is 0 Å². The second kappa shape index (κ2) is 6.07. The molecular weight excluding hydrogens is 262 g/mol. The zero-order valence-electron chi connectivity index (χ0n) is 10.1. The molecule has 19 heavy (non-hydrogen) atoms. The van der Waals surface area contributed by atoms with E-state index in [-0.39, 0.29) is 5.75 Å². The van der Waals surface area contributed by atoms with E-state index in [1.807, 2.05) is 18.2 Å². The molecule has 0 aliphatic heterocycles. The Bertz CT molecular complexity index is 605. The van der Waals surface area contributed by atoms with E-state index in [2.05, 4.69) is 10.3 Å². The van der Waals surface area contributed by atoms with Crippen molar-refractivity contribution in [1.29, 1.82) is 5.26 Å². The Morgan fingerprint density at radius 1 is 1.26 bits per heavy atom. The van der Waals surface area contributed by atoms with E-state index in [0.717, 1.165) is 12.0 Å². The summed E-state index contributed by atoms with van der Waals surface area (Å²) in [6.07, 6.45) is 2.32. The molecule has 2 N–H and O–H groups in total. The number of anilines is 1. The number of hydrogen-bond acceptors (Lipinski definition) is 4. The van der Waals surface area contributed by atoms with Crippen LogP contribution in [-0.4, -0.2) is 16.6 Å². The smallest absolute Gasteiger partial charge is 0.146 e. The molecule has 0 unspecified atom stereocenters. The highest BCUT2D eigenvalue weighted by Gasteiger charge is 2.06. The number of nitriles is 1. The van der Waals surface area contributed by atoms with Crippen molar-refractivity contribution in [2.75, 3.05) is 11.9 Å². The number of aromatic nitrogens is 1. The number of phenols is 1. The summed E-state index contributed by atoms with van der Waals surface area (Å²) in [7, 11) is 0. The highest BCUT2D eigenvalue weighted by molar-refractivity contribution is 6.34. The third kappa shape index (κ3) is 3.36. The Kier molecular flexibility index (Phi) is 4.22. The molecule has 0 aliphatic carbocycles. The van der Waals surface area contributed by atoms with Crippen LogP contribution in [0.1, 0.15) is 11.1 Å². The molecule has 5 heteroatoms. The third-order valence-electron chi connectivity index (χ3n) is 2.65. The molecule has 0 fully saturated rings. The zero-order valence-corrected chi connectivity index (χ0v) is 10.9. The highest BCUT2D eigenvalue weighted by Crippen LogP contribution is 2.22. The van der Waals surface area contributed by atoms with Gasteiger partial charge in [-0.15, -0.1) is 0 Å². The standard InChI is InChI=1S/C14H12ClN3O/c15-13-11(9-16)6-8-18-14(13)17-7-5-10-1-3-12(19)4-2-10/h1-4,6,8,19H,5,7H2,(H,17,18). The van der Waals surface area contributed by atoms with E-state index < -0.39 is 0 Å². The molecule has 4 nitrogen and oxygen atoms in total. The molecule has 1 heterocycles. The number of rotatable bonds is 4. The van der Waals surface area contributed by atoms with Crippen LogP contribution in [0, 0.1) is 11.3 Å². The van der Waals surface area contributed by atoms with Crippen molar-refractivity contribution < 1.29 is 5.11 Å². The van der Waals surface area contributed by atoms with Crippen LogP contribution in [0.15, 0.2) is 36.5 Å². The molecule has 0 bridgehead atoms. The molecule has 0 radical (unpaired) electrons. The quantitative estimate of drug-likeness (QED) is 0.899. The minimum Gasteiger partial charge on any atom is -0.508 e. The Hall–Kier alpha value is -2.25. The average Bonchev–Trinajstić information content (AvgIpc) is 2.43. The van der Waals surface area contributed by atoms with Gasteiger partial charge in [0.25, 0.3) is 0 Å². The first-order valence-electron chi connectivity index (χ1n) is 5.77. The van der Waals surface area contributed by atoms with Crippen molar-refractivity contribution in [3.05, 3.63) is 52.7 Å². The van der Waals surface area contributed by atoms with Crippen LogP contribution < -0.4 is 5.32 Å². The van der Waals surface area contributed by atoms with Gasteiger partial charge in [0, 0.05) is 12.7 Å². The summed E-state index contributed by atoms with van der Waals surface area (Å²) in [5.74, 6) is 0.766. The second-order valence-electron chi connectivity index (χ2n) is 3.98. The topological polar surface area (TPSA) is 68.9 Å². The molecule has 0 amide bonds. The second-order valence-corrected chi connectivity index (χ2v) is 4.35. The number of benzene rings is 1. The first-order valence-corrected chi connectivity index (χ1v) is 6.15. The molecule has 0 saturated carbocycles. The van der Waals surface area contributed by atoms with E-state index >= 15 is 0 Å². The van der Waals surface area contributed by atoms with Gasteiger partial charge < -0.3 is 10.4 Å². The van der Waals surface area contributed by atoms with Crippen molar-refractivity contribution in [3.8, 4) is 11.8 Å². The van der Waals surface area contributed by atoms with Gasteiger partial charge in [0.15, 0.2) is 0 Å². The average molecular weight is 274 g/mol. The summed E-state index contributed by atoms with van der Waals surface area (Å²) in [5.41, 5.74) is 1.50. The molecule has 1 aromatic heterocycles. The van der Waals surface area contributed by atoms with Crippen LogP contribution >= 0.6 is 11.6 Å². The predicted octanol–water partition coefficient (Wildman–Crippen LogP) is 2.97. The minimum atomic E-state index is 0.253. The first kappa shape index (κ1) is 13.2. The normalized spacial score (nSPS) is 9.89. The Balaban J connectivity index is 1.96. The van der Waals surface area contributed by atoms with Gasteiger partial charge in [-0.25, -0.2) is 4.98 Å². The van der Waals surface area contributed by atoms with Crippen LogP contribution in [0.3, 0.4) is 0 Å². The molecule has 0 saturated heterocycles. The van der Waals surface area contributed by atoms with Crippen molar-refractivity contribution in [2.45, 2.75) is 6.42 Å². The van der Waals surface area contributed by atoms with Gasteiger partial charge in [-0.05, 0) is 30.2 Å². The van der Waals surface area contributed by atoms with Crippen molar-refractivity contribution in [1.82, 2.24) is 4.98 Å². The van der Waals surface area contributed by atoms with Crippen LogP contribution in [0.4, 0.5) is 5.82 Å². The summed E-state index contributed by atoms with van der Waals surface area (Å²) < 4.78 is 0. The van der Waals surface area contributed by atoms with Gasteiger partial charge in [0.1, 0.15) is 22.7 Å². The van der Waals surface area contributed by atoms with Crippen LogP contribution in [-0.2, 0) is 6.42 Å². The van der Waals surface area contributed by atoms with Crippen LogP contribution in [0.5, 0.6) is 5.75 Å². The maximum atomic E-state index is 9.18. The number of halogens is 1. The lowest BCUT2D eigenvalue weighted by molar-refractivity contribution is 0.475. The first-order chi connectivity index (χ1) is 9.20. The maximum absolute atomic E-state index is 9.18. The fraction of sp³-hybridized carbons (Fsp3) is 0.143. The Labute approximate surface area is 116 Å². The summed E-state index contributed by atoms with van der Waals surface area (Å²) in [6, 6.07) is 10.6. The van der Waals surface area contributed by atoms with Gasteiger partial charge in [-0.3, -0.25) is 0 Å². The third-order valence-corrected chi connectivity index (χ3v) is 3.03. The summed E-state index contributed by atoms with van der Waals surface area (Å²) in [5, 5.41) is 21.5. The predicted molar refractivity (Wildman–Crippen MR) is 74.3 cm³/mol. The summed E-state index contributed by atoms with van der Waals surface area (Å²) in [6.45, 7) is 0.645. The lowest BCUT2D eigenvalue weighted by Crippen LogP contribution is -2.07. The van der Waals surface area contributed by atoms with E-state index in [4.69, 9.17) is 16.9 Å². The SMILES string of the molecule is N#Cc1ccnc(NCCc2ccc(O)cc2)c1Cl. The maximum Gasteiger partial charge on any atom is 0.146 e. The number of aromatic hydroxyl groups is 1. The Morgan fingerprint density at radius 2 is 2.00 bits per heavy atom. The van der Waals surface area contributed by atoms with Crippen LogP contribution in [0.2, 0.25) is 5.02 Å². The van der Waals surface area contributed by atoms with E-state index in [9.17, 15) is 5.11 Å². The van der Waals surface area contributed by atoms with E-state index in [0.29, 0.717) is 22.9 Å². The number of phenolic OH excluding ortho intramolecular Hbond substituents is 1.